The van der Waals surface area contributed by atoms with E-state index in [-0.39, 0.29) is 16.2 Å². The van der Waals surface area contributed by atoms with Crippen LogP contribution in [0.5, 0.6) is 0 Å². The van der Waals surface area contributed by atoms with Gasteiger partial charge in [-0.05, 0) is 45.7 Å². The maximum absolute atomic E-state index is 12.7. The fourth-order valence-electron chi connectivity index (χ4n) is 4.12. The molecule has 0 amide bonds. The number of hydrogen-bond acceptors (Lipinski definition) is 9. The van der Waals surface area contributed by atoms with Crippen LogP contribution in [0.4, 0.5) is 17.3 Å². The predicted octanol–water partition coefficient (Wildman–Crippen LogP) is 3.48. The van der Waals surface area contributed by atoms with E-state index in [9.17, 15) is 4.55 Å². The Morgan fingerprint density at radius 2 is 2.03 bits per heavy atom. The monoisotopic (exact) mass is 510 g/mol. The van der Waals surface area contributed by atoms with Crippen molar-refractivity contribution in [3.63, 3.8) is 0 Å². The third kappa shape index (κ3) is 5.31. The predicted molar refractivity (Wildman–Crippen MR) is 136 cm³/mol. The molecule has 2 saturated heterocycles. The van der Waals surface area contributed by atoms with Gasteiger partial charge in [-0.15, -0.1) is 4.72 Å². The van der Waals surface area contributed by atoms with E-state index in [0.717, 1.165) is 36.6 Å². The molecule has 4 rings (SSSR count). The van der Waals surface area contributed by atoms with Gasteiger partial charge in [-0.2, -0.15) is 0 Å². The molecule has 1 spiro atoms. The number of nitrogens with two attached hydrogens (primary N) is 2. The second kappa shape index (κ2) is 9.67. The molecule has 0 bridgehead atoms. The number of halogens is 1. The fraction of sp³-hybridized carbons (Fsp3) is 0.545. The number of hydrogen-bond donors (Lipinski definition) is 3. The summed E-state index contributed by atoms with van der Waals surface area (Å²) in [5.41, 5.74) is 12.6. The van der Waals surface area contributed by atoms with Gasteiger partial charge in [-0.1, -0.05) is 29.4 Å². The van der Waals surface area contributed by atoms with Crippen molar-refractivity contribution in [2.75, 3.05) is 42.7 Å². The molecule has 5 N–H and O–H groups in total. The van der Waals surface area contributed by atoms with Gasteiger partial charge in [0, 0.05) is 34.8 Å². The van der Waals surface area contributed by atoms with E-state index in [1.807, 2.05) is 32.9 Å². The number of ether oxygens (including phenoxy) is 1. The summed E-state index contributed by atoms with van der Waals surface area (Å²) in [5, 5.41) is 1.08. The molecule has 0 saturated carbocycles. The Labute approximate surface area is 207 Å². The number of anilines is 3. The third-order valence-electron chi connectivity index (χ3n) is 6.25. The van der Waals surface area contributed by atoms with Crippen LogP contribution < -0.4 is 21.1 Å². The Kier molecular flexibility index (Phi) is 7.24. The number of nitrogens with one attached hydrogen (secondary N) is 1. The minimum absolute atomic E-state index is 0.0177. The Morgan fingerprint density at radius 3 is 2.70 bits per heavy atom. The van der Waals surface area contributed by atoms with E-state index in [2.05, 4.69) is 19.6 Å². The van der Waals surface area contributed by atoms with E-state index in [1.165, 1.54) is 11.8 Å². The first kappa shape index (κ1) is 24.7. The van der Waals surface area contributed by atoms with Crippen molar-refractivity contribution in [2.24, 2.45) is 5.41 Å². The van der Waals surface area contributed by atoms with E-state index in [1.54, 1.807) is 12.3 Å². The zero-order valence-corrected chi connectivity index (χ0v) is 21.5. The van der Waals surface area contributed by atoms with Crippen LogP contribution >= 0.6 is 23.4 Å². The maximum Gasteiger partial charge on any atom is 0.158 e. The minimum atomic E-state index is -1.13. The van der Waals surface area contributed by atoms with Crippen LogP contribution in [-0.4, -0.2) is 51.6 Å². The van der Waals surface area contributed by atoms with Gasteiger partial charge in [0.2, 0.25) is 0 Å². The lowest BCUT2D eigenvalue weighted by Crippen LogP contribution is -2.55. The van der Waals surface area contributed by atoms with Crippen molar-refractivity contribution in [3.05, 3.63) is 29.4 Å². The highest BCUT2D eigenvalue weighted by Gasteiger charge is 2.49. The SMILES string of the molecule is CC(C)(C)[S+]([O-])N[C@@H]1COCC12CCN(c1cnc(Sc3cccc(N)c3Cl)c(N)n1)CC2. The third-order valence-corrected chi connectivity index (χ3v) is 9.47. The molecule has 0 radical (unpaired) electrons. The Hall–Kier alpha value is -1.43. The van der Waals surface area contributed by atoms with Crippen LogP contribution in [0.15, 0.2) is 34.3 Å². The van der Waals surface area contributed by atoms with Crippen molar-refractivity contribution < 1.29 is 9.29 Å². The summed E-state index contributed by atoms with van der Waals surface area (Å²) in [6.07, 6.45) is 3.60. The van der Waals surface area contributed by atoms with Crippen LogP contribution in [0.3, 0.4) is 0 Å². The zero-order chi connectivity index (χ0) is 23.8. The van der Waals surface area contributed by atoms with Crippen molar-refractivity contribution in [2.45, 2.75) is 54.3 Å². The van der Waals surface area contributed by atoms with Crippen LogP contribution in [0.1, 0.15) is 33.6 Å². The Morgan fingerprint density at radius 1 is 1.30 bits per heavy atom. The van der Waals surface area contributed by atoms with Crippen molar-refractivity contribution >= 4 is 52.0 Å². The van der Waals surface area contributed by atoms with E-state index in [4.69, 9.17) is 27.8 Å². The second-order valence-corrected chi connectivity index (χ2v) is 13.0. The van der Waals surface area contributed by atoms with Crippen LogP contribution in [0.2, 0.25) is 5.02 Å². The number of nitrogen functional groups attached to an aromatic ring is 2. The van der Waals surface area contributed by atoms with Crippen LogP contribution in [0.25, 0.3) is 0 Å². The van der Waals surface area contributed by atoms with Gasteiger partial charge in [-0.3, -0.25) is 0 Å². The van der Waals surface area contributed by atoms with Crippen LogP contribution in [-0.2, 0) is 16.1 Å². The average Bonchev–Trinajstić information content (AvgIpc) is 3.14. The summed E-state index contributed by atoms with van der Waals surface area (Å²) in [6.45, 7) is 8.83. The molecule has 1 aromatic heterocycles. The number of piperidine rings is 1. The standard InChI is InChI=1S/C22H31ClN6O2S2/c1-21(2,3)33(30)28-16-12-31-13-22(16)7-9-29(10-8-22)17-11-26-20(19(25)27-17)32-15-6-4-5-14(24)18(15)23/h4-6,11,16,28H,7-10,12-13,24H2,1-3H3,(H2,25,27)/t16-,33?/m1/s1. The molecular formula is C22H31ClN6O2S2. The van der Waals surface area contributed by atoms with Crippen molar-refractivity contribution in [1.82, 2.24) is 14.7 Å². The topological polar surface area (TPSA) is 125 Å². The minimum Gasteiger partial charge on any atom is -0.598 e. The molecule has 2 aliphatic rings. The summed E-state index contributed by atoms with van der Waals surface area (Å²) in [4.78, 5) is 12.1. The molecule has 8 nitrogen and oxygen atoms in total. The molecular weight excluding hydrogens is 480 g/mol. The first-order valence-corrected chi connectivity index (χ1v) is 13.3. The van der Waals surface area contributed by atoms with Crippen LogP contribution in [0, 0.1) is 5.41 Å². The molecule has 3 heterocycles. The van der Waals surface area contributed by atoms with E-state index >= 15 is 0 Å². The van der Waals surface area contributed by atoms with Gasteiger partial charge in [0.15, 0.2) is 5.82 Å². The van der Waals surface area contributed by atoms with Crippen molar-refractivity contribution in [1.29, 1.82) is 0 Å². The average molecular weight is 511 g/mol. The Balaban J connectivity index is 1.41. The largest absolute Gasteiger partial charge is 0.598 e. The first-order chi connectivity index (χ1) is 15.6. The van der Waals surface area contributed by atoms with Gasteiger partial charge >= 0.3 is 0 Å². The molecule has 180 valence electrons. The second-order valence-electron chi connectivity index (χ2n) is 9.60. The molecule has 2 aliphatic heterocycles. The lowest BCUT2D eigenvalue weighted by atomic mass is 9.75. The molecule has 2 aromatic rings. The summed E-state index contributed by atoms with van der Waals surface area (Å²) in [5.74, 6) is 1.12. The van der Waals surface area contributed by atoms with Gasteiger partial charge in [0.25, 0.3) is 0 Å². The van der Waals surface area contributed by atoms with Gasteiger partial charge in [-0.25, -0.2) is 9.97 Å². The molecule has 0 aliphatic carbocycles. The highest BCUT2D eigenvalue weighted by Crippen LogP contribution is 2.42. The number of nitrogens with zero attached hydrogens (tertiary/aromatic N) is 3. The summed E-state index contributed by atoms with van der Waals surface area (Å²) in [7, 11) is 0. The number of rotatable bonds is 5. The molecule has 33 heavy (non-hydrogen) atoms. The number of benzene rings is 1. The quantitative estimate of drug-likeness (QED) is 0.409. The fourth-order valence-corrected chi connectivity index (χ4v) is 6.11. The summed E-state index contributed by atoms with van der Waals surface area (Å²) >= 11 is 6.52. The molecule has 2 atom stereocenters. The molecule has 1 unspecified atom stereocenters. The summed E-state index contributed by atoms with van der Waals surface area (Å²) in [6, 6.07) is 5.56. The first-order valence-electron chi connectivity index (χ1n) is 10.9. The van der Waals surface area contributed by atoms with Gasteiger partial charge < -0.3 is 25.7 Å². The highest BCUT2D eigenvalue weighted by molar-refractivity contribution is 7.99. The number of aromatic nitrogens is 2. The lowest BCUT2D eigenvalue weighted by molar-refractivity contribution is 0.131. The summed E-state index contributed by atoms with van der Waals surface area (Å²) < 4.78 is 21.5. The molecule has 2 fully saturated rings. The van der Waals surface area contributed by atoms with E-state index < -0.39 is 11.4 Å². The highest BCUT2D eigenvalue weighted by atomic mass is 35.5. The molecule has 1 aromatic carbocycles. The Bertz CT molecular complexity index is 997. The van der Waals surface area contributed by atoms with Crippen molar-refractivity contribution in [3.8, 4) is 0 Å². The zero-order valence-electron chi connectivity index (χ0n) is 19.1. The van der Waals surface area contributed by atoms with Gasteiger partial charge in [0.05, 0.1) is 36.2 Å². The van der Waals surface area contributed by atoms with E-state index in [0.29, 0.717) is 34.8 Å². The lowest BCUT2D eigenvalue weighted by Gasteiger charge is -2.42. The smallest absolute Gasteiger partial charge is 0.158 e. The molecule has 11 heteroatoms. The van der Waals surface area contributed by atoms with Gasteiger partial charge in [0.1, 0.15) is 15.6 Å². The maximum atomic E-state index is 12.7. The normalized spacial score (nSPS) is 21.5.